The highest BCUT2D eigenvalue weighted by molar-refractivity contribution is 9.10. The minimum atomic E-state index is -0.334. The molecule has 0 bridgehead atoms. The van der Waals surface area contributed by atoms with Crippen molar-refractivity contribution < 1.29 is 9.18 Å². The number of benzene rings is 1. The van der Waals surface area contributed by atoms with Gasteiger partial charge in [0.15, 0.2) is 0 Å². The molecule has 1 fully saturated rings. The summed E-state index contributed by atoms with van der Waals surface area (Å²) in [7, 11) is 0. The number of nitrogens with zero attached hydrogens (tertiary/aromatic N) is 1. The van der Waals surface area contributed by atoms with Gasteiger partial charge in [0, 0.05) is 28.6 Å². The summed E-state index contributed by atoms with van der Waals surface area (Å²) >= 11 is 5.17. The van der Waals surface area contributed by atoms with Gasteiger partial charge in [-0.1, -0.05) is 6.92 Å². The fourth-order valence-corrected chi connectivity index (χ4v) is 3.68. The fourth-order valence-electron chi connectivity index (χ4n) is 1.98. The van der Waals surface area contributed by atoms with Crippen molar-refractivity contribution in [2.45, 2.75) is 18.6 Å². The average Bonchev–Trinajstić information content (AvgIpc) is 2.38. The Balaban J connectivity index is 2.15. The molecule has 1 aliphatic rings. The monoisotopic (exact) mass is 331 g/mol. The normalized spacial score (nSPS) is 19.9. The van der Waals surface area contributed by atoms with Crippen molar-refractivity contribution in [3.63, 3.8) is 0 Å². The highest BCUT2D eigenvalue weighted by Crippen LogP contribution is 2.25. The summed E-state index contributed by atoms with van der Waals surface area (Å²) in [6, 6.07) is 4.21. The lowest BCUT2D eigenvalue weighted by atomic mass is 10.2. The van der Waals surface area contributed by atoms with Crippen LogP contribution >= 0.6 is 27.7 Å². The molecule has 1 atom stereocenters. The highest BCUT2D eigenvalue weighted by Gasteiger charge is 2.25. The second kappa shape index (κ2) is 6.06. The molecule has 0 radical (unpaired) electrons. The summed E-state index contributed by atoms with van der Waals surface area (Å²) in [4.78, 5) is 14.2. The smallest absolute Gasteiger partial charge is 0.255 e. The molecule has 1 amide bonds. The van der Waals surface area contributed by atoms with Gasteiger partial charge in [-0.15, -0.1) is 0 Å². The van der Waals surface area contributed by atoms with Crippen molar-refractivity contribution in [2.75, 3.05) is 18.8 Å². The maximum atomic E-state index is 13.0. The van der Waals surface area contributed by atoms with Crippen molar-refractivity contribution in [3.05, 3.63) is 34.1 Å². The molecule has 1 heterocycles. The minimum absolute atomic E-state index is 0.0133. The number of rotatable bonds is 2. The summed E-state index contributed by atoms with van der Waals surface area (Å²) < 4.78 is 13.5. The van der Waals surface area contributed by atoms with Crippen LogP contribution in [0.5, 0.6) is 0 Å². The molecule has 0 saturated carbocycles. The van der Waals surface area contributed by atoms with Gasteiger partial charge in [-0.05, 0) is 40.5 Å². The van der Waals surface area contributed by atoms with Gasteiger partial charge < -0.3 is 4.90 Å². The zero-order valence-electron chi connectivity index (χ0n) is 10.2. The Hall–Kier alpha value is -0.550. The summed E-state index contributed by atoms with van der Waals surface area (Å²) in [6.07, 6.45) is 1.07. The van der Waals surface area contributed by atoms with Crippen LogP contribution in [0.15, 0.2) is 22.7 Å². The van der Waals surface area contributed by atoms with Crippen molar-refractivity contribution >= 4 is 33.6 Å². The Morgan fingerprint density at radius 1 is 1.61 bits per heavy atom. The fraction of sp³-hybridized carbons (Fsp3) is 0.462. The first-order chi connectivity index (χ1) is 8.61. The van der Waals surface area contributed by atoms with E-state index < -0.39 is 0 Å². The van der Waals surface area contributed by atoms with E-state index in [4.69, 9.17) is 0 Å². The summed E-state index contributed by atoms with van der Waals surface area (Å²) in [5.41, 5.74) is 0.540. The molecule has 18 heavy (non-hydrogen) atoms. The van der Waals surface area contributed by atoms with Crippen LogP contribution in [0.2, 0.25) is 0 Å². The molecule has 1 unspecified atom stereocenters. The van der Waals surface area contributed by atoms with Gasteiger partial charge in [-0.25, -0.2) is 4.39 Å². The molecule has 0 N–H and O–H groups in total. The molecule has 5 heteroatoms. The van der Waals surface area contributed by atoms with Gasteiger partial charge >= 0.3 is 0 Å². The van der Waals surface area contributed by atoms with Crippen molar-refractivity contribution in [1.82, 2.24) is 4.90 Å². The van der Waals surface area contributed by atoms with E-state index >= 15 is 0 Å². The lowest BCUT2D eigenvalue weighted by Crippen LogP contribution is -2.41. The molecular weight excluding hydrogens is 317 g/mol. The van der Waals surface area contributed by atoms with Crippen LogP contribution in [0.4, 0.5) is 4.39 Å². The summed E-state index contributed by atoms with van der Waals surface area (Å²) in [5, 5.41) is 0.516. The SMILES string of the molecule is CCC1CN(C(=O)c2ccc(F)cc2Br)CCS1. The van der Waals surface area contributed by atoms with Crippen LogP contribution in [-0.4, -0.2) is 34.9 Å². The predicted molar refractivity (Wildman–Crippen MR) is 76.5 cm³/mol. The maximum Gasteiger partial charge on any atom is 0.255 e. The van der Waals surface area contributed by atoms with Crippen LogP contribution in [0.1, 0.15) is 23.7 Å². The Labute approximate surface area is 119 Å². The molecule has 2 rings (SSSR count). The predicted octanol–water partition coefficient (Wildman–Crippen LogP) is 3.56. The standard InChI is InChI=1S/C13H15BrFNOS/c1-2-10-8-16(5-6-18-10)13(17)11-4-3-9(15)7-12(11)14/h3-4,7,10H,2,5-6,8H2,1H3. The largest absolute Gasteiger partial charge is 0.337 e. The van der Waals surface area contributed by atoms with Gasteiger partial charge in [0.25, 0.3) is 5.91 Å². The number of halogens is 2. The third-order valence-electron chi connectivity index (χ3n) is 3.04. The number of thioether (sulfide) groups is 1. The average molecular weight is 332 g/mol. The molecule has 2 nitrogen and oxygen atoms in total. The molecule has 1 saturated heterocycles. The first kappa shape index (κ1) is 13.9. The van der Waals surface area contributed by atoms with E-state index in [0.29, 0.717) is 15.3 Å². The minimum Gasteiger partial charge on any atom is -0.337 e. The highest BCUT2D eigenvalue weighted by atomic mass is 79.9. The van der Waals surface area contributed by atoms with Crippen LogP contribution in [-0.2, 0) is 0 Å². The number of amides is 1. The Kier molecular flexibility index (Phi) is 4.67. The van der Waals surface area contributed by atoms with E-state index in [-0.39, 0.29) is 11.7 Å². The molecule has 1 aliphatic heterocycles. The summed E-state index contributed by atoms with van der Waals surface area (Å²) in [6.45, 7) is 3.69. The van der Waals surface area contributed by atoms with Gasteiger partial charge in [-0.3, -0.25) is 4.79 Å². The molecule has 0 spiro atoms. The second-order valence-electron chi connectivity index (χ2n) is 4.28. The zero-order chi connectivity index (χ0) is 13.1. The van der Waals surface area contributed by atoms with Gasteiger partial charge in [0.2, 0.25) is 0 Å². The van der Waals surface area contributed by atoms with Crippen LogP contribution in [0.25, 0.3) is 0 Å². The quantitative estimate of drug-likeness (QED) is 0.825. The Morgan fingerprint density at radius 3 is 3.06 bits per heavy atom. The van der Waals surface area contributed by atoms with Crippen molar-refractivity contribution in [1.29, 1.82) is 0 Å². The Bertz CT molecular complexity index is 455. The molecule has 1 aromatic carbocycles. The van der Waals surface area contributed by atoms with E-state index in [9.17, 15) is 9.18 Å². The van der Waals surface area contributed by atoms with Gasteiger partial charge in [0.1, 0.15) is 5.82 Å². The number of carbonyl (C=O) groups is 1. The number of hydrogen-bond acceptors (Lipinski definition) is 2. The number of carbonyl (C=O) groups excluding carboxylic acids is 1. The molecule has 0 aliphatic carbocycles. The topological polar surface area (TPSA) is 20.3 Å². The second-order valence-corrected chi connectivity index (χ2v) is 6.54. The molecule has 98 valence electrons. The lowest BCUT2D eigenvalue weighted by Gasteiger charge is -2.32. The molecule has 0 aromatic heterocycles. The van der Waals surface area contributed by atoms with Gasteiger partial charge in [-0.2, -0.15) is 11.8 Å². The zero-order valence-corrected chi connectivity index (χ0v) is 12.6. The van der Waals surface area contributed by atoms with E-state index in [1.807, 2.05) is 16.7 Å². The summed E-state index contributed by atoms with van der Waals surface area (Å²) in [5.74, 6) is 0.628. The van der Waals surface area contributed by atoms with Crippen LogP contribution in [0.3, 0.4) is 0 Å². The molecule has 1 aromatic rings. The molecular formula is C13H15BrFNOS. The van der Waals surface area contributed by atoms with Crippen molar-refractivity contribution in [3.8, 4) is 0 Å². The van der Waals surface area contributed by atoms with E-state index in [1.54, 1.807) is 6.07 Å². The lowest BCUT2D eigenvalue weighted by molar-refractivity contribution is 0.0760. The maximum absolute atomic E-state index is 13.0. The Morgan fingerprint density at radius 2 is 2.39 bits per heavy atom. The van der Waals surface area contributed by atoms with E-state index in [1.165, 1.54) is 12.1 Å². The van der Waals surface area contributed by atoms with Gasteiger partial charge in [0.05, 0.1) is 5.56 Å². The van der Waals surface area contributed by atoms with Crippen LogP contribution in [0, 0.1) is 5.82 Å². The van der Waals surface area contributed by atoms with E-state index in [0.717, 1.165) is 25.3 Å². The third-order valence-corrected chi connectivity index (χ3v) is 5.07. The van der Waals surface area contributed by atoms with Crippen LogP contribution < -0.4 is 0 Å². The van der Waals surface area contributed by atoms with Crippen molar-refractivity contribution in [2.24, 2.45) is 0 Å². The number of hydrogen-bond donors (Lipinski definition) is 0. The first-order valence-corrected chi connectivity index (χ1v) is 7.82. The third kappa shape index (κ3) is 3.06. The van der Waals surface area contributed by atoms with E-state index in [2.05, 4.69) is 22.9 Å². The first-order valence-electron chi connectivity index (χ1n) is 5.97.